The van der Waals surface area contributed by atoms with Gasteiger partial charge in [-0.25, -0.2) is 31.7 Å². The van der Waals surface area contributed by atoms with Crippen LogP contribution in [-0.4, -0.2) is 15.9 Å². The second-order valence-corrected chi connectivity index (χ2v) is 6.51. The molecule has 1 N–H and O–H groups in total. The average Bonchev–Trinajstić information content (AvgIpc) is 2.94. The Bertz CT molecular complexity index is 1130. The topological polar surface area (TPSA) is 72.0 Å². The smallest absolute Gasteiger partial charge is 0.349 e. The van der Waals surface area contributed by atoms with Crippen LogP contribution in [0.25, 0.3) is 10.2 Å². The van der Waals surface area contributed by atoms with E-state index in [9.17, 15) is 31.5 Å². The molecule has 5 nitrogen and oxygen atoms in total. The predicted molar refractivity (Wildman–Crippen MR) is 85.1 cm³/mol. The van der Waals surface area contributed by atoms with E-state index < -0.39 is 52.8 Å². The van der Waals surface area contributed by atoms with Crippen LogP contribution in [0.2, 0.25) is 0 Å². The Morgan fingerprint density at radius 2 is 1.59 bits per heavy atom. The Morgan fingerprint density at radius 1 is 1.04 bits per heavy atom. The van der Waals surface area contributed by atoms with Gasteiger partial charge in [0, 0.05) is 0 Å². The second kappa shape index (κ2) is 6.72. The van der Waals surface area contributed by atoms with Crippen LogP contribution in [0.1, 0.15) is 26.6 Å². The number of carbonyl (C=O) groups excluding carboxylic acids is 1. The molecule has 0 fully saturated rings. The number of halogens is 5. The summed E-state index contributed by atoms with van der Waals surface area (Å²) in [7, 11) is 0. The molecule has 0 aliphatic rings. The van der Waals surface area contributed by atoms with Crippen LogP contribution in [-0.2, 0) is 11.3 Å². The van der Waals surface area contributed by atoms with Crippen molar-refractivity contribution in [2.45, 2.75) is 20.5 Å². The van der Waals surface area contributed by atoms with Crippen molar-refractivity contribution >= 4 is 27.5 Å². The highest BCUT2D eigenvalue weighted by Crippen LogP contribution is 2.29. The third-order valence-corrected chi connectivity index (χ3v) is 4.92. The molecule has 1 aromatic carbocycles. The highest BCUT2D eigenvalue weighted by Gasteiger charge is 2.27. The van der Waals surface area contributed by atoms with E-state index in [1.165, 1.54) is 13.8 Å². The zero-order chi connectivity index (χ0) is 20.0. The molecule has 0 spiro atoms. The summed E-state index contributed by atoms with van der Waals surface area (Å²) in [4.78, 5) is 30.9. The lowest BCUT2D eigenvalue weighted by Crippen LogP contribution is -2.12. The normalized spacial score (nSPS) is 11.2. The molecule has 0 unspecified atom stereocenters. The Morgan fingerprint density at radius 3 is 2.19 bits per heavy atom. The maximum atomic E-state index is 13.6. The number of aromatic amines is 1. The predicted octanol–water partition coefficient (Wildman–Crippen LogP) is 3.65. The molecule has 0 atom stereocenters. The summed E-state index contributed by atoms with van der Waals surface area (Å²) >= 11 is 0.811. The Labute approximate surface area is 151 Å². The number of aromatic nitrogens is 2. The van der Waals surface area contributed by atoms with E-state index in [0.717, 1.165) is 11.3 Å². The number of esters is 1. The number of nitrogens with one attached hydrogen (secondary N) is 1. The number of nitrogens with zero attached hydrogens (tertiary/aromatic N) is 1. The highest BCUT2D eigenvalue weighted by molar-refractivity contribution is 7.20. The van der Waals surface area contributed by atoms with Crippen LogP contribution < -0.4 is 5.56 Å². The van der Waals surface area contributed by atoms with E-state index in [1.54, 1.807) is 0 Å². The van der Waals surface area contributed by atoms with Gasteiger partial charge in [-0.1, -0.05) is 0 Å². The highest BCUT2D eigenvalue weighted by atomic mass is 32.1. The molecule has 11 heteroatoms. The van der Waals surface area contributed by atoms with Crippen molar-refractivity contribution in [3.8, 4) is 0 Å². The molecular weight excluding hydrogens is 395 g/mol. The number of rotatable bonds is 3. The fraction of sp³-hybridized carbons (Fsp3) is 0.188. The first-order valence-corrected chi connectivity index (χ1v) is 8.12. The van der Waals surface area contributed by atoms with E-state index >= 15 is 0 Å². The van der Waals surface area contributed by atoms with Crippen LogP contribution in [0.3, 0.4) is 0 Å². The standard InChI is InChI=1S/C16H9F5N2O3S/c1-4-7-14(24)22-5(2)23-15(7)27-13(4)16(25)26-3-6-8(17)10(19)12(21)11(20)9(6)18/h3H2,1-2H3,(H,22,23,24). The second-order valence-electron chi connectivity index (χ2n) is 5.51. The molecule has 0 amide bonds. The summed E-state index contributed by atoms with van der Waals surface area (Å²) in [6.07, 6.45) is 0. The fourth-order valence-corrected chi connectivity index (χ4v) is 3.55. The maximum absolute atomic E-state index is 13.6. The molecule has 142 valence electrons. The van der Waals surface area contributed by atoms with Gasteiger partial charge in [0.15, 0.2) is 23.3 Å². The van der Waals surface area contributed by atoms with Crippen molar-refractivity contribution in [2.75, 3.05) is 0 Å². The number of hydrogen-bond donors (Lipinski definition) is 1. The molecule has 0 aliphatic carbocycles. The first kappa shape index (κ1) is 19.0. The number of aryl methyl sites for hydroxylation is 2. The largest absolute Gasteiger partial charge is 0.456 e. The lowest BCUT2D eigenvalue weighted by atomic mass is 10.2. The van der Waals surface area contributed by atoms with Crippen LogP contribution in [0, 0.1) is 42.9 Å². The van der Waals surface area contributed by atoms with Gasteiger partial charge in [-0.2, -0.15) is 0 Å². The zero-order valence-corrected chi connectivity index (χ0v) is 14.5. The minimum absolute atomic E-state index is 0.0718. The van der Waals surface area contributed by atoms with Gasteiger partial charge in [0.2, 0.25) is 5.82 Å². The van der Waals surface area contributed by atoms with E-state index in [4.69, 9.17) is 4.74 Å². The molecule has 3 aromatic rings. The third-order valence-electron chi connectivity index (χ3n) is 3.75. The molecular formula is C16H9F5N2O3S. The van der Waals surface area contributed by atoms with Gasteiger partial charge in [-0.3, -0.25) is 4.79 Å². The lowest BCUT2D eigenvalue weighted by Gasteiger charge is -2.09. The van der Waals surface area contributed by atoms with Crippen molar-refractivity contribution in [3.63, 3.8) is 0 Å². The van der Waals surface area contributed by atoms with Crippen molar-refractivity contribution in [1.29, 1.82) is 0 Å². The Balaban J connectivity index is 1.94. The van der Waals surface area contributed by atoms with Gasteiger partial charge in [0.05, 0.1) is 10.9 Å². The third kappa shape index (κ3) is 3.07. The van der Waals surface area contributed by atoms with Crippen LogP contribution in [0.5, 0.6) is 0 Å². The number of hydrogen-bond acceptors (Lipinski definition) is 5. The molecule has 0 saturated carbocycles. The van der Waals surface area contributed by atoms with E-state index in [-0.39, 0.29) is 20.7 Å². The summed E-state index contributed by atoms with van der Waals surface area (Å²) in [5.41, 5.74) is -1.53. The molecule has 2 aromatic heterocycles. The lowest BCUT2D eigenvalue weighted by molar-refractivity contribution is 0.0467. The van der Waals surface area contributed by atoms with Gasteiger partial charge in [-0.15, -0.1) is 11.3 Å². The van der Waals surface area contributed by atoms with Gasteiger partial charge >= 0.3 is 5.97 Å². The number of benzene rings is 1. The van der Waals surface area contributed by atoms with Crippen LogP contribution in [0.15, 0.2) is 4.79 Å². The summed E-state index contributed by atoms with van der Waals surface area (Å²) in [6.45, 7) is 1.80. The Hall–Kier alpha value is -2.82. The molecule has 3 rings (SSSR count). The van der Waals surface area contributed by atoms with Gasteiger partial charge in [-0.05, 0) is 19.4 Å². The number of ether oxygens (including phenoxy) is 1. The van der Waals surface area contributed by atoms with Crippen LogP contribution >= 0.6 is 11.3 Å². The number of carbonyl (C=O) groups is 1. The summed E-state index contributed by atoms with van der Waals surface area (Å²) in [5, 5.41) is 0.147. The first-order valence-electron chi connectivity index (χ1n) is 7.30. The van der Waals surface area contributed by atoms with Gasteiger partial charge < -0.3 is 9.72 Å². The van der Waals surface area contributed by atoms with Crippen molar-refractivity contribution in [1.82, 2.24) is 9.97 Å². The SMILES string of the molecule is Cc1nc2sc(C(=O)OCc3c(F)c(F)c(F)c(F)c3F)c(C)c2c(=O)[nH]1. The molecule has 0 bridgehead atoms. The first-order chi connectivity index (χ1) is 12.6. The number of thiophene rings is 1. The molecule has 0 radical (unpaired) electrons. The average molecular weight is 404 g/mol. The summed E-state index contributed by atoms with van der Waals surface area (Å²) in [6, 6.07) is 0. The van der Waals surface area contributed by atoms with Crippen molar-refractivity contribution in [3.05, 3.63) is 61.3 Å². The number of fused-ring (bicyclic) bond motifs is 1. The molecule has 0 aliphatic heterocycles. The minimum Gasteiger partial charge on any atom is -0.456 e. The van der Waals surface area contributed by atoms with E-state index in [2.05, 4.69) is 9.97 Å². The van der Waals surface area contributed by atoms with Crippen LogP contribution in [0.4, 0.5) is 22.0 Å². The van der Waals surface area contributed by atoms with Gasteiger partial charge in [0.25, 0.3) is 5.56 Å². The fourth-order valence-electron chi connectivity index (χ4n) is 2.43. The maximum Gasteiger partial charge on any atom is 0.349 e. The van der Waals surface area contributed by atoms with Crippen molar-refractivity contribution in [2.24, 2.45) is 0 Å². The number of H-pyrrole nitrogens is 1. The Kier molecular flexibility index (Phi) is 4.72. The monoisotopic (exact) mass is 404 g/mol. The summed E-state index contributed by atoms with van der Waals surface area (Å²) < 4.78 is 71.4. The minimum atomic E-state index is -2.30. The van der Waals surface area contributed by atoms with Gasteiger partial charge in [0.1, 0.15) is 22.1 Å². The molecule has 27 heavy (non-hydrogen) atoms. The van der Waals surface area contributed by atoms with E-state index in [0.29, 0.717) is 5.82 Å². The molecule has 2 heterocycles. The quantitative estimate of drug-likeness (QED) is 0.313. The van der Waals surface area contributed by atoms with Crippen molar-refractivity contribution < 1.29 is 31.5 Å². The van der Waals surface area contributed by atoms with E-state index in [1.807, 2.05) is 0 Å². The zero-order valence-electron chi connectivity index (χ0n) is 13.7. The molecule has 0 saturated heterocycles. The summed E-state index contributed by atoms with van der Waals surface area (Å²) in [5.74, 6) is -11.5.